The Labute approximate surface area is 115 Å². The molecule has 0 aliphatic heterocycles. The molecular weight excluding hydrogens is 244 g/mol. The fraction of sp³-hybridized carbons (Fsp3) is 0.500. The summed E-state index contributed by atoms with van der Waals surface area (Å²) in [5.41, 5.74) is 2.07. The van der Waals surface area contributed by atoms with Crippen LogP contribution in [-0.2, 0) is 0 Å². The van der Waals surface area contributed by atoms with Gasteiger partial charge in [-0.1, -0.05) is 19.9 Å². The molecule has 0 amide bonds. The molecule has 0 fully saturated rings. The molecule has 0 heterocycles. The van der Waals surface area contributed by atoms with Crippen LogP contribution in [-0.4, -0.2) is 18.8 Å². The van der Waals surface area contributed by atoms with E-state index < -0.39 is 0 Å². The Hall–Kier alpha value is -1.29. The summed E-state index contributed by atoms with van der Waals surface area (Å²) in [5, 5.41) is 7.01. The highest BCUT2D eigenvalue weighted by Gasteiger charge is 2.05. The Bertz CT molecular complexity index is 405. The van der Waals surface area contributed by atoms with Gasteiger partial charge in [0.1, 0.15) is 5.75 Å². The first-order valence-corrected chi connectivity index (χ1v) is 6.63. The van der Waals surface area contributed by atoms with E-state index in [9.17, 15) is 0 Å². The number of ether oxygens (including phenoxy) is 1. The third-order valence-electron chi connectivity index (χ3n) is 2.61. The van der Waals surface area contributed by atoms with Crippen LogP contribution in [0.1, 0.15) is 25.8 Å². The minimum Gasteiger partial charge on any atom is -0.495 e. The number of nitrogens with one attached hydrogen (secondary N) is 2. The third kappa shape index (κ3) is 4.92. The lowest BCUT2D eigenvalue weighted by Crippen LogP contribution is -2.30. The van der Waals surface area contributed by atoms with Gasteiger partial charge in [-0.2, -0.15) is 0 Å². The zero-order valence-corrected chi connectivity index (χ0v) is 12.4. The van der Waals surface area contributed by atoms with Crippen molar-refractivity contribution >= 4 is 23.0 Å². The Morgan fingerprint density at radius 3 is 2.72 bits per heavy atom. The van der Waals surface area contributed by atoms with Crippen LogP contribution in [0.4, 0.5) is 5.69 Å². The summed E-state index contributed by atoms with van der Waals surface area (Å²) >= 11 is 5.26. The maximum Gasteiger partial charge on any atom is 0.170 e. The first-order chi connectivity index (χ1) is 8.52. The van der Waals surface area contributed by atoms with Gasteiger partial charge in [0.2, 0.25) is 0 Å². The number of methoxy groups -OCH3 is 1. The van der Waals surface area contributed by atoms with E-state index in [1.807, 2.05) is 25.1 Å². The van der Waals surface area contributed by atoms with Crippen molar-refractivity contribution < 1.29 is 4.74 Å². The van der Waals surface area contributed by atoms with Gasteiger partial charge in [0.25, 0.3) is 0 Å². The topological polar surface area (TPSA) is 33.3 Å². The lowest BCUT2D eigenvalue weighted by molar-refractivity contribution is 0.417. The first-order valence-electron chi connectivity index (χ1n) is 6.22. The molecule has 100 valence electrons. The van der Waals surface area contributed by atoms with Crippen molar-refractivity contribution in [3.8, 4) is 5.75 Å². The van der Waals surface area contributed by atoms with Gasteiger partial charge >= 0.3 is 0 Å². The van der Waals surface area contributed by atoms with Gasteiger partial charge in [0.15, 0.2) is 5.11 Å². The maximum absolute atomic E-state index is 5.29. The fourth-order valence-corrected chi connectivity index (χ4v) is 1.77. The van der Waals surface area contributed by atoms with Crippen LogP contribution in [0.5, 0.6) is 5.75 Å². The van der Waals surface area contributed by atoms with Gasteiger partial charge in [-0.15, -0.1) is 0 Å². The smallest absolute Gasteiger partial charge is 0.170 e. The summed E-state index contributed by atoms with van der Waals surface area (Å²) in [6.45, 7) is 7.32. The molecule has 0 saturated heterocycles. The molecule has 1 aromatic rings. The summed E-state index contributed by atoms with van der Waals surface area (Å²) in [6, 6.07) is 5.98. The number of anilines is 1. The lowest BCUT2D eigenvalue weighted by atomic mass is 10.1. The highest BCUT2D eigenvalue weighted by molar-refractivity contribution is 7.80. The van der Waals surface area contributed by atoms with Gasteiger partial charge in [-0.3, -0.25) is 0 Å². The summed E-state index contributed by atoms with van der Waals surface area (Å²) in [6.07, 6.45) is 1.10. The molecule has 0 atom stereocenters. The minimum atomic E-state index is 0.638. The molecule has 0 aromatic heterocycles. The summed E-state index contributed by atoms with van der Waals surface area (Å²) in [4.78, 5) is 0. The molecule has 1 aromatic carbocycles. The zero-order chi connectivity index (χ0) is 13.5. The monoisotopic (exact) mass is 266 g/mol. The lowest BCUT2D eigenvalue weighted by Gasteiger charge is -2.14. The summed E-state index contributed by atoms with van der Waals surface area (Å²) in [7, 11) is 1.66. The van der Waals surface area contributed by atoms with E-state index in [-0.39, 0.29) is 0 Å². The van der Waals surface area contributed by atoms with Crippen molar-refractivity contribution in [3.63, 3.8) is 0 Å². The van der Waals surface area contributed by atoms with Crippen LogP contribution in [0.25, 0.3) is 0 Å². The third-order valence-corrected chi connectivity index (χ3v) is 2.86. The van der Waals surface area contributed by atoms with Crippen LogP contribution in [0.3, 0.4) is 0 Å². The van der Waals surface area contributed by atoms with Crippen LogP contribution in [0.2, 0.25) is 0 Å². The second-order valence-corrected chi connectivity index (χ2v) is 5.18. The minimum absolute atomic E-state index is 0.638. The highest BCUT2D eigenvalue weighted by atomic mass is 32.1. The SMILES string of the molecule is COc1ccc(C)cc1NC(=S)NCCC(C)C. The standard InChI is InChI=1S/C14H22N2OS/c1-10(2)7-8-15-14(18)16-12-9-11(3)5-6-13(12)17-4/h5-6,9-10H,7-8H2,1-4H3,(H2,15,16,18). The predicted molar refractivity (Wildman–Crippen MR) is 81.4 cm³/mol. The number of hydrogen-bond acceptors (Lipinski definition) is 2. The second kappa shape index (κ2) is 7.21. The van der Waals surface area contributed by atoms with Crippen LogP contribution >= 0.6 is 12.2 Å². The molecule has 0 aliphatic rings. The van der Waals surface area contributed by atoms with Crippen molar-refractivity contribution in [2.45, 2.75) is 27.2 Å². The van der Waals surface area contributed by atoms with E-state index in [0.717, 1.165) is 24.4 Å². The van der Waals surface area contributed by atoms with E-state index in [1.165, 1.54) is 5.56 Å². The van der Waals surface area contributed by atoms with Crippen LogP contribution in [0, 0.1) is 12.8 Å². The number of aryl methyl sites for hydroxylation is 1. The quantitative estimate of drug-likeness (QED) is 0.801. The van der Waals surface area contributed by atoms with Gasteiger partial charge in [-0.25, -0.2) is 0 Å². The fourth-order valence-electron chi connectivity index (χ4n) is 1.56. The molecule has 0 aliphatic carbocycles. The molecular formula is C14H22N2OS. The number of hydrogen-bond donors (Lipinski definition) is 2. The summed E-state index contributed by atoms with van der Waals surface area (Å²) in [5.74, 6) is 1.47. The molecule has 4 heteroatoms. The van der Waals surface area contributed by atoms with Crippen molar-refractivity contribution in [1.82, 2.24) is 5.32 Å². The van der Waals surface area contributed by atoms with E-state index in [0.29, 0.717) is 11.0 Å². The van der Waals surface area contributed by atoms with Crippen molar-refractivity contribution in [1.29, 1.82) is 0 Å². The predicted octanol–water partition coefficient (Wildman–Crippen LogP) is 3.34. The Kier molecular flexibility index (Phi) is 5.92. The molecule has 1 rings (SSSR count). The van der Waals surface area contributed by atoms with Crippen LogP contribution in [0.15, 0.2) is 18.2 Å². The van der Waals surface area contributed by atoms with Gasteiger partial charge in [0.05, 0.1) is 12.8 Å². The Morgan fingerprint density at radius 2 is 2.11 bits per heavy atom. The normalized spacial score (nSPS) is 10.3. The second-order valence-electron chi connectivity index (χ2n) is 4.77. The molecule has 3 nitrogen and oxygen atoms in total. The average molecular weight is 266 g/mol. The van der Waals surface area contributed by atoms with E-state index >= 15 is 0 Å². The van der Waals surface area contributed by atoms with Crippen molar-refractivity contribution in [3.05, 3.63) is 23.8 Å². The summed E-state index contributed by atoms with van der Waals surface area (Å²) < 4.78 is 5.29. The molecule has 0 unspecified atom stereocenters. The van der Waals surface area contributed by atoms with Crippen molar-refractivity contribution in [2.24, 2.45) is 5.92 Å². The van der Waals surface area contributed by atoms with E-state index in [4.69, 9.17) is 17.0 Å². The molecule has 0 spiro atoms. The van der Waals surface area contributed by atoms with Crippen LogP contribution < -0.4 is 15.4 Å². The van der Waals surface area contributed by atoms with Gasteiger partial charge in [-0.05, 0) is 49.2 Å². The molecule has 0 radical (unpaired) electrons. The van der Waals surface area contributed by atoms with Crippen molar-refractivity contribution in [2.75, 3.05) is 19.0 Å². The zero-order valence-electron chi connectivity index (χ0n) is 11.5. The molecule has 2 N–H and O–H groups in total. The number of thiocarbonyl (C=S) groups is 1. The number of benzene rings is 1. The average Bonchev–Trinajstić information content (AvgIpc) is 2.28. The number of rotatable bonds is 5. The molecule has 0 bridgehead atoms. The first kappa shape index (κ1) is 14.8. The molecule has 0 saturated carbocycles. The largest absolute Gasteiger partial charge is 0.495 e. The Morgan fingerprint density at radius 1 is 1.39 bits per heavy atom. The van der Waals surface area contributed by atoms with Gasteiger partial charge in [0, 0.05) is 6.54 Å². The highest BCUT2D eigenvalue weighted by Crippen LogP contribution is 2.24. The van der Waals surface area contributed by atoms with E-state index in [1.54, 1.807) is 7.11 Å². The maximum atomic E-state index is 5.29. The molecule has 18 heavy (non-hydrogen) atoms. The van der Waals surface area contributed by atoms with Gasteiger partial charge < -0.3 is 15.4 Å². The Balaban J connectivity index is 2.55. The van der Waals surface area contributed by atoms with E-state index in [2.05, 4.69) is 24.5 Å².